The first-order valence-electron chi connectivity index (χ1n) is 4.74. The van der Waals surface area contributed by atoms with Crippen LogP contribution < -0.4 is 0 Å². The van der Waals surface area contributed by atoms with Crippen molar-refractivity contribution in [1.82, 2.24) is 4.31 Å². The van der Waals surface area contributed by atoms with Gasteiger partial charge >= 0.3 is 0 Å². The van der Waals surface area contributed by atoms with Crippen molar-refractivity contribution < 1.29 is 13.3 Å². The zero-order valence-electron chi connectivity index (χ0n) is 10.1. The van der Waals surface area contributed by atoms with E-state index in [1.165, 1.54) is 39.2 Å². The Morgan fingerprint density at radius 3 is 2.41 bits per heavy atom. The summed E-state index contributed by atoms with van der Waals surface area (Å²) in [5.41, 5.74) is 0.343. The van der Waals surface area contributed by atoms with Crippen LogP contribution in [0.15, 0.2) is 36.1 Å². The average molecular weight is 260 g/mol. The van der Waals surface area contributed by atoms with Crippen molar-refractivity contribution in [2.75, 3.05) is 19.8 Å². The molecule has 0 fully saturated rings. The number of nitrogens with zero attached hydrogens (tertiary/aromatic N) is 2. The molecule has 0 aromatic rings. The molecule has 0 unspecified atom stereocenters. The highest BCUT2D eigenvalue weighted by Gasteiger charge is 2.13. The Balaban J connectivity index is 4.55. The summed E-state index contributed by atoms with van der Waals surface area (Å²) in [5, 5.41) is 10.3. The van der Waals surface area contributed by atoms with Crippen LogP contribution in [-0.4, -0.2) is 37.5 Å². The third-order valence-corrected chi connectivity index (χ3v) is 3.73. The lowest BCUT2D eigenvalue weighted by Gasteiger charge is -2.10. The van der Waals surface area contributed by atoms with Gasteiger partial charge in [0.15, 0.2) is 0 Å². The molecule has 0 radical (unpaired) electrons. The van der Waals surface area contributed by atoms with Crippen molar-refractivity contribution in [3.8, 4) is 0 Å². The lowest BCUT2D eigenvalue weighted by molar-refractivity contribution is -0.424. The molecule has 0 bridgehead atoms. The van der Waals surface area contributed by atoms with Crippen molar-refractivity contribution >= 4 is 10.0 Å². The van der Waals surface area contributed by atoms with Crippen LogP contribution in [0, 0.1) is 10.1 Å². The van der Waals surface area contributed by atoms with Gasteiger partial charge in [-0.25, -0.2) is 12.7 Å². The Kier molecular flexibility index (Phi) is 5.77. The van der Waals surface area contributed by atoms with Crippen LogP contribution in [0.3, 0.4) is 0 Å². The van der Waals surface area contributed by atoms with Gasteiger partial charge in [-0.05, 0) is 5.57 Å². The molecule has 96 valence electrons. The van der Waals surface area contributed by atoms with Gasteiger partial charge in [-0.3, -0.25) is 10.1 Å². The molecule has 6 nitrogen and oxygen atoms in total. The fourth-order valence-electron chi connectivity index (χ4n) is 0.796. The third kappa shape index (κ3) is 5.98. The molecule has 17 heavy (non-hydrogen) atoms. The molecule has 0 aliphatic rings. The molecule has 0 N–H and O–H groups in total. The Bertz CT molecular complexity index is 461. The number of hydrogen-bond acceptors (Lipinski definition) is 4. The Morgan fingerprint density at radius 1 is 1.47 bits per heavy atom. The van der Waals surface area contributed by atoms with E-state index in [9.17, 15) is 18.5 Å². The molecule has 0 saturated heterocycles. The van der Waals surface area contributed by atoms with Crippen LogP contribution in [0.5, 0.6) is 0 Å². The molecule has 0 aliphatic carbocycles. The van der Waals surface area contributed by atoms with Crippen LogP contribution in [0.25, 0.3) is 0 Å². The summed E-state index contributed by atoms with van der Waals surface area (Å²) in [5.74, 6) is -0.206. The molecule has 7 heteroatoms. The van der Waals surface area contributed by atoms with E-state index in [2.05, 4.69) is 6.58 Å². The topological polar surface area (TPSA) is 80.5 Å². The largest absolute Gasteiger partial charge is 0.259 e. The summed E-state index contributed by atoms with van der Waals surface area (Å²) < 4.78 is 24.0. The zero-order valence-corrected chi connectivity index (χ0v) is 10.9. The first-order chi connectivity index (χ1) is 7.66. The van der Waals surface area contributed by atoms with Crippen LogP contribution in [0.1, 0.15) is 6.92 Å². The maximum Gasteiger partial charge on any atom is 0.243 e. The van der Waals surface area contributed by atoms with E-state index < -0.39 is 14.9 Å². The molecular formula is C10H16N2O4S. The van der Waals surface area contributed by atoms with Gasteiger partial charge in [-0.2, -0.15) is 0 Å². The lowest BCUT2D eigenvalue weighted by Crippen LogP contribution is -2.25. The monoisotopic (exact) mass is 260 g/mol. The Morgan fingerprint density at radius 2 is 2.00 bits per heavy atom. The van der Waals surface area contributed by atoms with Crippen LogP contribution >= 0.6 is 0 Å². The van der Waals surface area contributed by atoms with Gasteiger partial charge in [0.05, 0.1) is 10.7 Å². The molecule has 0 aromatic carbocycles. The number of nitro groups is 1. The van der Waals surface area contributed by atoms with Gasteiger partial charge in [0.1, 0.15) is 0 Å². The molecule has 0 saturated carbocycles. The number of rotatable bonds is 6. The summed E-state index contributed by atoms with van der Waals surface area (Å²) in [4.78, 5) is 9.75. The van der Waals surface area contributed by atoms with E-state index in [0.29, 0.717) is 5.57 Å². The van der Waals surface area contributed by atoms with Crippen molar-refractivity contribution in [2.45, 2.75) is 6.92 Å². The van der Waals surface area contributed by atoms with Gasteiger partial charge in [-0.15, -0.1) is 0 Å². The first-order valence-corrected chi connectivity index (χ1v) is 6.35. The standard InChI is InChI=1S/C10H16N2O4S/c1-9(8-17(15,16)11(3)4)6-5-7-10(2)12(13)14/h5-7H,1,8H2,2-4H3/b6-5-,10-7+. The molecule has 0 heterocycles. The zero-order chi connectivity index (χ0) is 13.6. The number of allylic oxidation sites excluding steroid dienone is 4. The minimum Gasteiger partial charge on any atom is -0.259 e. The molecule has 0 rings (SSSR count). The maximum absolute atomic E-state index is 11.5. The second kappa shape index (κ2) is 6.31. The van der Waals surface area contributed by atoms with Gasteiger partial charge in [0, 0.05) is 27.1 Å². The maximum atomic E-state index is 11.5. The molecule has 0 aliphatic heterocycles. The van der Waals surface area contributed by atoms with Crippen LogP contribution in [-0.2, 0) is 10.0 Å². The fourth-order valence-corrected chi connectivity index (χ4v) is 1.62. The van der Waals surface area contributed by atoms with Crippen molar-refractivity contribution in [3.63, 3.8) is 0 Å². The predicted molar refractivity (Wildman–Crippen MR) is 66.5 cm³/mol. The van der Waals surface area contributed by atoms with E-state index >= 15 is 0 Å². The highest BCUT2D eigenvalue weighted by atomic mass is 32.2. The quantitative estimate of drug-likeness (QED) is 0.408. The van der Waals surface area contributed by atoms with Gasteiger partial charge < -0.3 is 0 Å². The van der Waals surface area contributed by atoms with Crippen molar-refractivity contribution in [1.29, 1.82) is 0 Å². The van der Waals surface area contributed by atoms with E-state index in [-0.39, 0.29) is 11.4 Å². The van der Waals surface area contributed by atoms with Crippen molar-refractivity contribution in [3.05, 3.63) is 46.2 Å². The summed E-state index contributed by atoms with van der Waals surface area (Å²) in [6.07, 6.45) is 4.13. The highest BCUT2D eigenvalue weighted by Crippen LogP contribution is 2.04. The van der Waals surface area contributed by atoms with E-state index in [4.69, 9.17) is 0 Å². The minimum absolute atomic E-state index is 0.0236. The molecule has 0 atom stereocenters. The van der Waals surface area contributed by atoms with E-state index in [0.717, 1.165) is 4.31 Å². The minimum atomic E-state index is -3.34. The summed E-state index contributed by atoms with van der Waals surface area (Å²) >= 11 is 0. The third-order valence-electron chi connectivity index (χ3n) is 1.88. The second-order valence-electron chi connectivity index (χ2n) is 3.62. The van der Waals surface area contributed by atoms with Crippen LogP contribution in [0.4, 0.5) is 0 Å². The molecule has 0 amide bonds. The summed E-state index contributed by atoms with van der Waals surface area (Å²) in [6.45, 7) is 4.92. The smallest absolute Gasteiger partial charge is 0.243 e. The van der Waals surface area contributed by atoms with Gasteiger partial charge in [0.25, 0.3) is 0 Å². The van der Waals surface area contributed by atoms with E-state index in [1.807, 2.05) is 0 Å². The molecule has 0 spiro atoms. The van der Waals surface area contributed by atoms with Crippen molar-refractivity contribution in [2.24, 2.45) is 0 Å². The summed E-state index contributed by atoms with van der Waals surface area (Å²) in [6, 6.07) is 0. The van der Waals surface area contributed by atoms with E-state index in [1.54, 1.807) is 0 Å². The second-order valence-corrected chi connectivity index (χ2v) is 5.80. The van der Waals surface area contributed by atoms with Crippen LogP contribution in [0.2, 0.25) is 0 Å². The number of sulfonamides is 1. The fraction of sp³-hybridized carbons (Fsp3) is 0.400. The average Bonchev–Trinajstić information content (AvgIpc) is 2.16. The summed E-state index contributed by atoms with van der Waals surface area (Å²) in [7, 11) is -0.469. The predicted octanol–water partition coefficient (Wildman–Crippen LogP) is 1.17. The Hall–Kier alpha value is -1.47. The first kappa shape index (κ1) is 15.5. The number of hydrogen-bond donors (Lipinski definition) is 0. The SMILES string of the molecule is C=C(/C=C\C=C(/C)[N+](=O)[O-])CS(=O)(=O)N(C)C. The molecule has 0 aromatic heterocycles. The Labute approximate surface area is 101 Å². The van der Waals surface area contributed by atoms with Gasteiger partial charge in [-0.1, -0.05) is 18.7 Å². The molecular weight excluding hydrogens is 244 g/mol. The highest BCUT2D eigenvalue weighted by molar-refractivity contribution is 7.89. The normalized spacial score (nSPS) is 13.3. The lowest BCUT2D eigenvalue weighted by atomic mass is 10.3. The van der Waals surface area contributed by atoms with Gasteiger partial charge in [0.2, 0.25) is 15.7 Å².